The van der Waals surface area contributed by atoms with Crippen LogP contribution in [0.2, 0.25) is 0 Å². The van der Waals surface area contributed by atoms with Gasteiger partial charge in [-0.2, -0.15) is 10.1 Å². The van der Waals surface area contributed by atoms with Gasteiger partial charge in [-0.15, -0.1) is 0 Å². The number of nitrogen functional groups attached to an aromatic ring is 1. The Morgan fingerprint density at radius 2 is 2.07 bits per heavy atom. The molecule has 0 unspecified atom stereocenters. The average Bonchev–Trinajstić information content (AvgIpc) is 3.67. The molecule has 1 aliphatic heterocycles. The van der Waals surface area contributed by atoms with E-state index in [1.54, 1.807) is 30.3 Å². The van der Waals surface area contributed by atoms with Gasteiger partial charge < -0.3 is 24.8 Å². The molecule has 1 saturated heterocycles. The molecule has 222 valence electrons. The molecule has 0 spiro atoms. The summed E-state index contributed by atoms with van der Waals surface area (Å²) in [5.41, 5.74) is 5.05. The quantitative estimate of drug-likeness (QED) is 0.187. The first-order chi connectivity index (χ1) is 19.7. The number of aromatic amines is 1. The lowest BCUT2D eigenvalue weighted by Crippen LogP contribution is -2.37. The lowest BCUT2D eigenvalue weighted by Gasteiger charge is -2.25. The van der Waals surface area contributed by atoms with Crippen LogP contribution in [0.1, 0.15) is 38.8 Å². The van der Waals surface area contributed by atoms with Crippen LogP contribution in [0.4, 0.5) is 10.3 Å². The van der Waals surface area contributed by atoms with E-state index in [9.17, 15) is 23.7 Å². The van der Waals surface area contributed by atoms with Gasteiger partial charge in [0.05, 0.1) is 25.7 Å². The second kappa shape index (κ2) is 12.2. The van der Waals surface area contributed by atoms with Crippen molar-refractivity contribution in [1.82, 2.24) is 24.6 Å². The smallest absolute Gasteiger partial charge is 0.459 e. The molecule has 0 bridgehead atoms. The lowest BCUT2D eigenvalue weighted by molar-refractivity contribution is -0.150. The number of halogens is 1. The van der Waals surface area contributed by atoms with Crippen molar-refractivity contribution >= 4 is 30.8 Å². The number of nitrogens with zero attached hydrogens (tertiary/aromatic N) is 3. The number of carbonyl (C=O) groups excluding carboxylic acids is 1. The van der Waals surface area contributed by atoms with E-state index in [-0.39, 0.29) is 29.0 Å². The molecule has 14 nitrogen and oxygen atoms in total. The second-order valence-electron chi connectivity index (χ2n) is 10.0. The van der Waals surface area contributed by atoms with Crippen molar-refractivity contribution in [3.8, 4) is 5.75 Å². The van der Waals surface area contributed by atoms with E-state index in [1.807, 2.05) is 0 Å². The molecular formula is C25H32FN6O8P. The number of H-pyrrole nitrogens is 1. The van der Waals surface area contributed by atoms with Crippen LogP contribution in [0.3, 0.4) is 0 Å². The first-order valence-corrected chi connectivity index (χ1v) is 14.8. The number of nitrogens with one attached hydrogen (secondary N) is 2. The molecule has 3 aromatic rings. The maximum atomic E-state index is 14.1. The van der Waals surface area contributed by atoms with Crippen LogP contribution in [0.15, 0.2) is 41.5 Å². The summed E-state index contributed by atoms with van der Waals surface area (Å²) in [4.78, 5) is 35.2. The molecule has 1 aromatic carbocycles. The molecule has 0 amide bonds. The van der Waals surface area contributed by atoms with Crippen molar-refractivity contribution in [2.24, 2.45) is 5.92 Å². The van der Waals surface area contributed by atoms with E-state index in [0.29, 0.717) is 0 Å². The fraction of sp³-hybridized carbons (Fsp3) is 0.520. The van der Waals surface area contributed by atoms with E-state index in [4.69, 9.17) is 24.3 Å². The minimum Gasteiger partial charge on any atom is -0.461 e. The van der Waals surface area contributed by atoms with Crippen molar-refractivity contribution in [2.45, 2.75) is 63.2 Å². The van der Waals surface area contributed by atoms with E-state index in [1.165, 1.54) is 17.8 Å². The standard InChI is InChI=1S/C25H32FN6O8P/c1-14(24(35)38-15-7-5-6-8-15)31-41(36,40-16-9-3-2-4-10-16)37-12-18-17(11-26)20(33)23(39-18)32-13-28-19-21(32)29-25(27)30-22(19)34/h2-4,9-10,13-15,17-18,20,23,33H,5-8,11-12H2,1H3,(H,31,36)(H3,27,29,30,34)/t14-,17-,18-,20-,23-,41+/m1/s1. The van der Waals surface area contributed by atoms with Crippen LogP contribution < -0.4 is 20.9 Å². The number of ether oxygens (including phenoxy) is 2. The van der Waals surface area contributed by atoms with Crippen LogP contribution in [-0.2, 0) is 23.4 Å². The number of hydrogen-bond donors (Lipinski definition) is 4. The highest BCUT2D eigenvalue weighted by Crippen LogP contribution is 2.46. The normalized spacial score (nSPS) is 25.2. The highest BCUT2D eigenvalue weighted by Gasteiger charge is 2.47. The molecule has 2 fully saturated rings. The first-order valence-electron chi connectivity index (χ1n) is 13.3. The fourth-order valence-corrected chi connectivity index (χ4v) is 6.45. The number of aliphatic hydroxyl groups excluding tert-OH is 1. The Morgan fingerprint density at radius 3 is 2.78 bits per heavy atom. The van der Waals surface area contributed by atoms with Gasteiger partial charge in [0.15, 0.2) is 17.4 Å². The summed E-state index contributed by atoms with van der Waals surface area (Å²) in [6.45, 7) is -0.00920. The Balaban J connectivity index is 1.33. The number of esters is 1. The number of fused-ring (bicyclic) bond motifs is 1. The van der Waals surface area contributed by atoms with Crippen molar-refractivity contribution in [2.75, 3.05) is 19.0 Å². The van der Waals surface area contributed by atoms with E-state index < -0.39 is 63.0 Å². The zero-order valence-electron chi connectivity index (χ0n) is 22.2. The maximum absolute atomic E-state index is 14.1. The number of nitrogens with two attached hydrogens (primary N) is 1. The van der Waals surface area contributed by atoms with Gasteiger partial charge in [0, 0.05) is 5.92 Å². The van der Waals surface area contributed by atoms with Gasteiger partial charge in [-0.1, -0.05) is 18.2 Å². The first kappa shape index (κ1) is 29.1. The summed E-state index contributed by atoms with van der Waals surface area (Å²) in [6, 6.07) is 7.12. The van der Waals surface area contributed by atoms with E-state index in [0.717, 1.165) is 25.7 Å². The highest BCUT2D eigenvalue weighted by molar-refractivity contribution is 7.52. The molecule has 3 heterocycles. The molecule has 5 N–H and O–H groups in total. The third-order valence-electron chi connectivity index (χ3n) is 7.09. The molecule has 2 aliphatic rings. The van der Waals surface area contributed by atoms with Crippen LogP contribution in [0.25, 0.3) is 11.2 Å². The molecular weight excluding hydrogens is 562 g/mol. The molecule has 41 heavy (non-hydrogen) atoms. The molecule has 16 heteroatoms. The summed E-state index contributed by atoms with van der Waals surface area (Å²) in [6.07, 6.45) is 0.785. The molecule has 1 saturated carbocycles. The zero-order valence-corrected chi connectivity index (χ0v) is 23.1. The van der Waals surface area contributed by atoms with Gasteiger partial charge in [0.25, 0.3) is 5.56 Å². The number of anilines is 1. The third-order valence-corrected chi connectivity index (χ3v) is 8.74. The summed E-state index contributed by atoms with van der Waals surface area (Å²) in [7, 11) is -4.27. The Morgan fingerprint density at radius 1 is 1.34 bits per heavy atom. The Kier molecular flexibility index (Phi) is 8.71. The number of rotatable bonds is 11. The number of carbonyl (C=O) groups is 1. The minimum absolute atomic E-state index is 0.0313. The topological polar surface area (TPSA) is 193 Å². The summed E-state index contributed by atoms with van der Waals surface area (Å²) in [5.74, 6) is -1.69. The predicted octanol–water partition coefficient (Wildman–Crippen LogP) is 2.21. The summed E-state index contributed by atoms with van der Waals surface area (Å²) < 4.78 is 52.1. The predicted molar refractivity (Wildman–Crippen MR) is 144 cm³/mol. The zero-order chi connectivity index (χ0) is 29.1. The fourth-order valence-electron chi connectivity index (χ4n) is 4.95. The van der Waals surface area contributed by atoms with Gasteiger partial charge in [-0.25, -0.2) is 9.55 Å². The lowest BCUT2D eigenvalue weighted by atomic mass is 10.0. The largest absolute Gasteiger partial charge is 0.461 e. The second-order valence-corrected chi connectivity index (χ2v) is 11.7. The van der Waals surface area contributed by atoms with Gasteiger partial charge in [-0.05, 0) is 44.7 Å². The van der Waals surface area contributed by atoms with Gasteiger partial charge in [-0.3, -0.25) is 28.1 Å². The minimum atomic E-state index is -4.27. The molecule has 5 rings (SSSR count). The SMILES string of the molecule is C[C@@H](N[P@](=O)(OC[C@H]1O[C@@H](n2cnc3c(=O)[nH]c(N)nc32)[C@H](O)[C@@H]1CF)Oc1ccccc1)C(=O)OC1CCCC1. The van der Waals surface area contributed by atoms with Crippen molar-refractivity contribution < 1.29 is 37.4 Å². The number of benzene rings is 1. The number of alkyl halides is 1. The molecule has 2 aromatic heterocycles. The van der Waals surface area contributed by atoms with Gasteiger partial charge in [0.1, 0.15) is 24.0 Å². The molecule has 1 aliphatic carbocycles. The van der Waals surface area contributed by atoms with Crippen LogP contribution >= 0.6 is 7.75 Å². The van der Waals surface area contributed by atoms with Gasteiger partial charge >= 0.3 is 13.7 Å². The van der Waals surface area contributed by atoms with Crippen molar-refractivity contribution in [3.63, 3.8) is 0 Å². The van der Waals surface area contributed by atoms with Crippen LogP contribution in [0.5, 0.6) is 5.75 Å². The monoisotopic (exact) mass is 594 g/mol. The average molecular weight is 595 g/mol. The molecule has 0 radical (unpaired) electrons. The Bertz CT molecular complexity index is 1470. The van der Waals surface area contributed by atoms with Crippen molar-refractivity contribution in [3.05, 3.63) is 47.0 Å². The maximum Gasteiger partial charge on any atom is 0.459 e. The van der Waals surface area contributed by atoms with E-state index in [2.05, 4.69) is 20.0 Å². The number of hydrogen-bond acceptors (Lipinski definition) is 11. The number of para-hydroxylation sites is 1. The van der Waals surface area contributed by atoms with Crippen molar-refractivity contribution in [1.29, 1.82) is 0 Å². The number of aromatic nitrogens is 4. The third kappa shape index (κ3) is 6.44. The van der Waals surface area contributed by atoms with Crippen LogP contribution in [-0.4, -0.2) is 68.2 Å². The highest BCUT2D eigenvalue weighted by atomic mass is 31.2. The number of imidazole rings is 1. The summed E-state index contributed by atoms with van der Waals surface area (Å²) >= 11 is 0. The van der Waals surface area contributed by atoms with E-state index >= 15 is 0 Å². The van der Waals surface area contributed by atoms with Crippen LogP contribution in [0, 0.1) is 5.92 Å². The van der Waals surface area contributed by atoms with Gasteiger partial charge in [0.2, 0.25) is 5.95 Å². The summed E-state index contributed by atoms with van der Waals surface area (Å²) in [5, 5.41) is 13.5. The number of aliphatic hydroxyl groups is 1. The Hall–Kier alpha value is -3.36. The Labute approximate surface area is 233 Å². The molecule has 6 atom stereocenters.